The highest BCUT2D eigenvalue weighted by Crippen LogP contribution is 2.36. The average Bonchev–Trinajstić information content (AvgIpc) is 3.30. The number of nitrogens with zero attached hydrogens (tertiary/aromatic N) is 2. The molecule has 2 N–H and O–H groups in total. The number of benzene rings is 1. The molecule has 0 unspecified atom stereocenters. The van der Waals surface area contributed by atoms with Gasteiger partial charge in [-0.2, -0.15) is 5.10 Å². The van der Waals surface area contributed by atoms with E-state index in [-0.39, 0.29) is 5.91 Å². The number of rotatable bonds is 3. The van der Waals surface area contributed by atoms with Crippen molar-refractivity contribution in [3.63, 3.8) is 0 Å². The number of aliphatic hydroxyl groups is 1. The van der Waals surface area contributed by atoms with Crippen LogP contribution in [0.1, 0.15) is 66.1 Å². The Labute approximate surface area is 148 Å². The number of hydrogen-bond acceptors (Lipinski definition) is 3. The molecule has 4 rings (SSSR count). The molecule has 1 saturated heterocycles. The van der Waals surface area contributed by atoms with Crippen LogP contribution in [0.15, 0.2) is 36.5 Å². The van der Waals surface area contributed by atoms with Crippen LogP contribution in [0.4, 0.5) is 0 Å². The molecule has 1 aromatic carbocycles. The molecule has 2 fully saturated rings. The monoisotopic (exact) mass is 339 g/mol. The zero-order valence-electron chi connectivity index (χ0n) is 14.4. The van der Waals surface area contributed by atoms with E-state index >= 15 is 0 Å². The summed E-state index contributed by atoms with van der Waals surface area (Å²) in [6.07, 6.45) is 8.19. The molecule has 0 radical (unpaired) electrons. The van der Waals surface area contributed by atoms with Crippen LogP contribution in [0, 0.1) is 0 Å². The van der Waals surface area contributed by atoms with E-state index in [9.17, 15) is 9.90 Å². The number of H-pyrrole nitrogens is 1. The van der Waals surface area contributed by atoms with Crippen LogP contribution < -0.4 is 0 Å². The van der Waals surface area contributed by atoms with Gasteiger partial charge in [0.15, 0.2) is 0 Å². The van der Waals surface area contributed by atoms with Crippen LogP contribution in [-0.4, -0.2) is 39.2 Å². The number of aromatic amines is 1. The first-order valence-corrected chi connectivity index (χ1v) is 9.28. The van der Waals surface area contributed by atoms with Gasteiger partial charge in [0.1, 0.15) is 5.60 Å². The minimum atomic E-state index is -0.953. The van der Waals surface area contributed by atoms with E-state index < -0.39 is 5.60 Å². The van der Waals surface area contributed by atoms with Crippen molar-refractivity contribution >= 4 is 5.91 Å². The zero-order valence-corrected chi connectivity index (χ0v) is 14.4. The molecule has 0 bridgehead atoms. The molecule has 5 nitrogen and oxygen atoms in total. The second kappa shape index (κ2) is 6.64. The first-order valence-electron chi connectivity index (χ1n) is 9.28. The lowest BCUT2D eigenvalue weighted by Gasteiger charge is -2.25. The minimum Gasteiger partial charge on any atom is -0.383 e. The minimum absolute atomic E-state index is 0.0128. The number of likely N-dealkylation sites (tertiary alicyclic amines) is 1. The van der Waals surface area contributed by atoms with Crippen LogP contribution in [0.2, 0.25) is 0 Å². The van der Waals surface area contributed by atoms with E-state index in [4.69, 9.17) is 0 Å². The van der Waals surface area contributed by atoms with Crippen molar-refractivity contribution in [3.05, 3.63) is 53.3 Å². The number of aromatic nitrogens is 2. The molecule has 25 heavy (non-hydrogen) atoms. The van der Waals surface area contributed by atoms with Crippen molar-refractivity contribution < 1.29 is 9.90 Å². The second-order valence-corrected chi connectivity index (χ2v) is 7.41. The second-order valence-electron chi connectivity index (χ2n) is 7.41. The molecule has 2 aromatic rings. The lowest BCUT2D eigenvalue weighted by Crippen LogP contribution is -2.34. The number of carbonyl (C=O) groups is 1. The normalized spacial score (nSPS) is 24.6. The smallest absolute Gasteiger partial charge is 0.257 e. The molecular weight excluding hydrogens is 314 g/mol. The van der Waals surface area contributed by atoms with Crippen molar-refractivity contribution in [1.82, 2.24) is 15.1 Å². The van der Waals surface area contributed by atoms with E-state index in [2.05, 4.69) is 10.2 Å². The van der Waals surface area contributed by atoms with Gasteiger partial charge in [0.2, 0.25) is 0 Å². The maximum absolute atomic E-state index is 13.0. The predicted molar refractivity (Wildman–Crippen MR) is 95.3 cm³/mol. The van der Waals surface area contributed by atoms with Crippen LogP contribution in [0.25, 0.3) is 0 Å². The van der Waals surface area contributed by atoms with Gasteiger partial charge in [-0.1, -0.05) is 49.6 Å². The summed E-state index contributed by atoms with van der Waals surface area (Å²) in [6.45, 7) is 0.907. The van der Waals surface area contributed by atoms with Crippen molar-refractivity contribution in [2.75, 3.05) is 13.1 Å². The summed E-state index contributed by atoms with van der Waals surface area (Å²) in [4.78, 5) is 14.8. The molecule has 1 aliphatic heterocycles. The summed E-state index contributed by atoms with van der Waals surface area (Å²) in [6, 6.07) is 9.65. The number of amides is 1. The molecule has 132 valence electrons. The Morgan fingerprint density at radius 3 is 2.72 bits per heavy atom. The lowest BCUT2D eigenvalue weighted by atomic mass is 9.85. The lowest BCUT2D eigenvalue weighted by molar-refractivity contribution is 0.0417. The highest BCUT2D eigenvalue weighted by molar-refractivity contribution is 5.95. The van der Waals surface area contributed by atoms with Crippen LogP contribution in [-0.2, 0) is 5.60 Å². The molecule has 1 amide bonds. The quantitative estimate of drug-likeness (QED) is 0.902. The molecule has 5 heteroatoms. The highest BCUT2D eigenvalue weighted by atomic mass is 16.3. The molecule has 1 aliphatic carbocycles. The Kier molecular flexibility index (Phi) is 4.34. The van der Waals surface area contributed by atoms with E-state index in [0.717, 1.165) is 24.1 Å². The molecule has 1 aromatic heterocycles. The summed E-state index contributed by atoms with van der Waals surface area (Å²) in [5, 5.41) is 18.2. The standard InChI is InChI=1S/C20H25N3O2/c24-19(17-13-21-22-18(17)15-7-3-1-4-8-15)23-12-11-20(25,14-23)16-9-5-2-6-10-16/h2,5-6,9-10,13,15,25H,1,3-4,7-8,11-12,14H2,(H,21,22)/t20-/m0/s1. The van der Waals surface area contributed by atoms with Gasteiger partial charge in [-0.25, -0.2) is 0 Å². The van der Waals surface area contributed by atoms with Crippen molar-refractivity contribution in [1.29, 1.82) is 0 Å². The Morgan fingerprint density at radius 2 is 1.96 bits per heavy atom. The molecule has 0 spiro atoms. The largest absolute Gasteiger partial charge is 0.383 e. The van der Waals surface area contributed by atoms with Gasteiger partial charge in [0.25, 0.3) is 5.91 Å². The topological polar surface area (TPSA) is 69.2 Å². The molecular formula is C20H25N3O2. The van der Waals surface area contributed by atoms with Gasteiger partial charge in [-0.3, -0.25) is 9.89 Å². The highest BCUT2D eigenvalue weighted by Gasteiger charge is 2.40. The van der Waals surface area contributed by atoms with Crippen LogP contribution >= 0.6 is 0 Å². The third-order valence-corrected chi connectivity index (χ3v) is 5.76. The Hall–Kier alpha value is -2.14. The summed E-state index contributed by atoms with van der Waals surface area (Å²) >= 11 is 0. The number of carbonyl (C=O) groups excluding carboxylic acids is 1. The SMILES string of the molecule is O=C(c1cn[nH]c1C1CCCCC1)N1CC[C@@](O)(c2ccccc2)C1. The van der Waals surface area contributed by atoms with E-state index in [0.29, 0.717) is 31.0 Å². The third-order valence-electron chi connectivity index (χ3n) is 5.76. The van der Waals surface area contributed by atoms with Crippen molar-refractivity contribution in [3.8, 4) is 0 Å². The van der Waals surface area contributed by atoms with Gasteiger partial charge in [0.05, 0.1) is 24.0 Å². The molecule has 1 saturated carbocycles. The fourth-order valence-electron chi connectivity index (χ4n) is 4.29. The molecule has 2 heterocycles. The van der Waals surface area contributed by atoms with Gasteiger partial charge < -0.3 is 10.0 Å². The fourth-order valence-corrected chi connectivity index (χ4v) is 4.29. The van der Waals surface area contributed by atoms with E-state index in [1.54, 1.807) is 11.1 Å². The van der Waals surface area contributed by atoms with Crippen LogP contribution in [0.3, 0.4) is 0 Å². The number of nitrogens with one attached hydrogen (secondary N) is 1. The van der Waals surface area contributed by atoms with E-state index in [1.807, 2.05) is 30.3 Å². The van der Waals surface area contributed by atoms with Crippen LogP contribution in [0.5, 0.6) is 0 Å². The predicted octanol–water partition coefficient (Wildman–Crippen LogP) is 3.19. The maximum atomic E-state index is 13.0. The molecule has 2 aliphatic rings. The van der Waals surface area contributed by atoms with Crippen molar-refractivity contribution in [2.24, 2.45) is 0 Å². The summed E-state index contributed by atoms with van der Waals surface area (Å²) in [5.41, 5.74) is 1.60. The summed E-state index contributed by atoms with van der Waals surface area (Å²) in [7, 11) is 0. The molecule has 1 atom stereocenters. The van der Waals surface area contributed by atoms with Gasteiger partial charge >= 0.3 is 0 Å². The third kappa shape index (κ3) is 3.09. The Morgan fingerprint density at radius 1 is 1.20 bits per heavy atom. The van der Waals surface area contributed by atoms with Gasteiger partial charge in [0, 0.05) is 12.5 Å². The number of hydrogen-bond donors (Lipinski definition) is 2. The maximum Gasteiger partial charge on any atom is 0.257 e. The summed E-state index contributed by atoms with van der Waals surface area (Å²) in [5.74, 6) is 0.395. The summed E-state index contributed by atoms with van der Waals surface area (Å²) < 4.78 is 0. The van der Waals surface area contributed by atoms with Gasteiger partial charge in [-0.05, 0) is 24.8 Å². The van der Waals surface area contributed by atoms with Gasteiger partial charge in [-0.15, -0.1) is 0 Å². The fraction of sp³-hybridized carbons (Fsp3) is 0.500. The zero-order chi connectivity index (χ0) is 17.3. The van der Waals surface area contributed by atoms with Crippen molar-refractivity contribution in [2.45, 2.75) is 50.0 Å². The Balaban J connectivity index is 1.52. The van der Waals surface area contributed by atoms with E-state index in [1.165, 1.54) is 19.3 Å². The Bertz CT molecular complexity index is 736. The number of β-amino-alcohol motifs (C(OH)–C–C–N with tert-alkyl or cyclic N) is 1. The first-order chi connectivity index (χ1) is 12.2. The average molecular weight is 339 g/mol. The first kappa shape index (κ1) is 16.3.